The van der Waals surface area contributed by atoms with E-state index in [-0.39, 0.29) is 11.4 Å². The lowest BCUT2D eigenvalue weighted by atomic mass is 10.1. The summed E-state index contributed by atoms with van der Waals surface area (Å²) < 4.78 is 75.5. The zero-order chi connectivity index (χ0) is 28.1. The third kappa shape index (κ3) is 6.75. The largest absolute Gasteiger partial charge is 0.423 e. The molecule has 0 atom stereocenters. The second-order valence-electron chi connectivity index (χ2n) is 8.14. The van der Waals surface area contributed by atoms with Crippen LogP contribution in [0.15, 0.2) is 58.6 Å². The monoisotopic (exact) mass is 540 g/mol. The lowest BCUT2D eigenvalue weighted by molar-refractivity contribution is -0.138. The summed E-state index contributed by atoms with van der Waals surface area (Å²) in [6.45, 7) is 2.78. The first-order chi connectivity index (χ1) is 17.8. The van der Waals surface area contributed by atoms with E-state index < -0.39 is 34.7 Å². The molecule has 3 aromatic heterocycles. The highest BCUT2D eigenvalue weighted by Crippen LogP contribution is 2.30. The molecule has 1 aromatic carbocycles. The Kier molecular flexibility index (Phi) is 8.53. The molecule has 0 amide bonds. The van der Waals surface area contributed by atoms with Gasteiger partial charge in [-0.05, 0) is 30.0 Å². The van der Waals surface area contributed by atoms with E-state index >= 15 is 0 Å². The van der Waals surface area contributed by atoms with Crippen molar-refractivity contribution in [3.05, 3.63) is 80.9 Å². The van der Waals surface area contributed by atoms with Crippen LogP contribution in [-0.4, -0.2) is 24.7 Å². The van der Waals surface area contributed by atoms with Gasteiger partial charge in [0.2, 0.25) is 0 Å². The SMILES string of the molecule is CCCCCn1ccc2cc(-c3ncc(C(F)(F)F)cn3)ccc2c1=O.Nc1cn[nH]c(=O)c1C(F)(F)F. The second kappa shape index (κ2) is 11.4. The number of aromatic nitrogens is 5. The van der Waals surface area contributed by atoms with E-state index in [0.29, 0.717) is 22.9 Å². The molecule has 0 aliphatic heterocycles. The molecule has 0 bridgehead atoms. The van der Waals surface area contributed by atoms with E-state index in [4.69, 9.17) is 5.73 Å². The molecule has 0 saturated heterocycles. The van der Waals surface area contributed by atoms with E-state index in [1.54, 1.807) is 34.1 Å². The molecule has 8 nitrogen and oxygen atoms in total. The molecule has 0 unspecified atom stereocenters. The first kappa shape index (κ1) is 28.3. The van der Waals surface area contributed by atoms with Gasteiger partial charge >= 0.3 is 12.4 Å². The van der Waals surface area contributed by atoms with Crippen molar-refractivity contribution in [2.75, 3.05) is 5.73 Å². The fourth-order valence-electron chi connectivity index (χ4n) is 3.46. The number of pyridine rings is 1. The smallest absolute Gasteiger partial charge is 0.397 e. The number of hydrogen-bond donors (Lipinski definition) is 2. The second-order valence-corrected chi connectivity index (χ2v) is 8.14. The number of fused-ring (bicyclic) bond motifs is 1. The number of unbranched alkanes of at least 4 members (excludes halogenated alkanes) is 2. The van der Waals surface area contributed by atoms with Crippen molar-refractivity contribution in [3.63, 3.8) is 0 Å². The normalized spacial score (nSPS) is 11.8. The minimum Gasteiger partial charge on any atom is -0.397 e. The summed E-state index contributed by atoms with van der Waals surface area (Å²) in [5.74, 6) is 0.187. The molecular weight excluding hydrogens is 518 g/mol. The Hall–Kier alpha value is -4.23. The molecule has 4 rings (SSSR count). The quantitative estimate of drug-likeness (QED) is 0.271. The molecule has 0 aliphatic rings. The first-order valence-electron chi connectivity index (χ1n) is 11.3. The lowest BCUT2D eigenvalue weighted by Crippen LogP contribution is -2.24. The van der Waals surface area contributed by atoms with Crippen LogP contribution in [0.1, 0.15) is 37.3 Å². The van der Waals surface area contributed by atoms with Gasteiger partial charge in [0.25, 0.3) is 11.1 Å². The zero-order valence-corrected chi connectivity index (χ0v) is 19.9. The van der Waals surface area contributed by atoms with Crippen LogP contribution < -0.4 is 16.9 Å². The van der Waals surface area contributed by atoms with Crippen LogP contribution in [0.3, 0.4) is 0 Å². The van der Waals surface area contributed by atoms with Gasteiger partial charge in [0.15, 0.2) is 5.82 Å². The number of alkyl halides is 6. The van der Waals surface area contributed by atoms with Gasteiger partial charge in [0, 0.05) is 36.1 Å². The number of benzene rings is 1. The minimum absolute atomic E-state index is 0.0708. The maximum absolute atomic E-state index is 12.6. The van der Waals surface area contributed by atoms with Crippen molar-refractivity contribution in [2.45, 2.75) is 45.1 Å². The van der Waals surface area contributed by atoms with Crippen molar-refractivity contribution < 1.29 is 26.3 Å². The number of nitrogens with two attached hydrogens (primary N) is 1. The Balaban J connectivity index is 0.000000279. The maximum Gasteiger partial charge on any atom is 0.423 e. The molecule has 14 heteroatoms. The van der Waals surface area contributed by atoms with Crippen molar-refractivity contribution in [2.24, 2.45) is 0 Å². The Morgan fingerprint density at radius 2 is 1.63 bits per heavy atom. The van der Waals surface area contributed by atoms with E-state index in [2.05, 4.69) is 22.0 Å². The van der Waals surface area contributed by atoms with Gasteiger partial charge in [-0.1, -0.05) is 25.8 Å². The van der Waals surface area contributed by atoms with Crippen LogP contribution in [0.4, 0.5) is 32.0 Å². The molecule has 3 N–H and O–H groups in total. The average molecular weight is 540 g/mol. The summed E-state index contributed by atoms with van der Waals surface area (Å²) in [7, 11) is 0. The topological polar surface area (TPSA) is 120 Å². The number of nitrogens with one attached hydrogen (secondary N) is 1. The van der Waals surface area contributed by atoms with Gasteiger partial charge in [-0.3, -0.25) is 9.59 Å². The maximum atomic E-state index is 12.6. The Morgan fingerprint density at radius 1 is 0.947 bits per heavy atom. The molecule has 202 valence electrons. The van der Waals surface area contributed by atoms with Gasteiger partial charge in [-0.2, -0.15) is 31.4 Å². The number of anilines is 1. The predicted octanol–water partition coefficient (Wildman–Crippen LogP) is 5.04. The molecule has 0 spiro atoms. The molecule has 3 heterocycles. The van der Waals surface area contributed by atoms with Gasteiger partial charge in [-0.15, -0.1) is 0 Å². The Labute approximate surface area is 211 Å². The number of nitrogen functional groups attached to an aromatic ring is 1. The minimum atomic E-state index is -4.74. The fourth-order valence-corrected chi connectivity index (χ4v) is 3.46. The fraction of sp³-hybridized carbons (Fsp3) is 0.292. The molecule has 0 fully saturated rings. The van der Waals surface area contributed by atoms with Crippen LogP contribution in [0.5, 0.6) is 0 Å². The van der Waals surface area contributed by atoms with Crippen LogP contribution in [-0.2, 0) is 18.9 Å². The van der Waals surface area contributed by atoms with Crippen molar-refractivity contribution in [3.8, 4) is 11.4 Å². The first-order valence-corrected chi connectivity index (χ1v) is 11.3. The third-order valence-corrected chi connectivity index (χ3v) is 5.39. The molecule has 0 saturated carbocycles. The number of aryl methyl sites for hydroxylation is 1. The van der Waals surface area contributed by atoms with E-state index in [1.165, 1.54) is 0 Å². The highest BCUT2D eigenvalue weighted by atomic mass is 19.4. The standard InChI is InChI=1S/C19H18F3N3O.C5H4F3N3O/c1-2-3-4-8-25-9-7-13-10-14(5-6-16(13)18(25)26)17-23-11-15(12-24-17)19(20,21)22;6-5(7,8)3-2(9)1-10-11-4(3)12/h5-7,9-12H,2-4,8H2,1H3;1H,(H3,9,11,12). The predicted molar refractivity (Wildman–Crippen MR) is 128 cm³/mol. The lowest BCUT2D eigenvalue weighted by Gasteiger charge is -2.09. The van der Waals surface area contributed by atoms with Crippen LogP contribution >= 0.6 is 0 Å². The van der Waals surface area contributed by atoms with Gasteiger partial charge in [0.1, 0.15) is 5.56 Å². The summed E-state index contributed by atoms with van der Waals surface area (Å²) in [5, 5.41) is 6.02. The Bertz CT molecular complexity index is 1510. The summed E-state index contributed by atoms with van der Waals surface area (Å²) >= 11 is 0. The number of hydrogen-bond acceptors (Lipinski definition) is 6. The van der Waals surface area contributed by atoms with E-state index in [1.807, 2.05) is 6.07 Å². The molecule has 4 aromatic rings. The number of nitrogens with zero attached hydrogens (tertiary/aromatic N) is 4. The number of aromatic amines is 1. The van der Waals surface area contributed by atoms with Crippen molar-refractivity contribution in [1.29, 1.82) is 0 Å². The van der Waals surface area contributed by atoms with Crippen LogP contribution in [0, 0.1) is 0 Å². The number of halogens is 6. The summed E-state index contributed by atoms with van der Waals surface area (Å²) in [5.41, 5.74) is 1.10. The molecular formula is C24H22F6N6O2. The summed E-state index contributed by atoms with van der Waals surface area (Å²) in [6, 6.07) is 6.87. The Morgan fingerprint density at radius 3 is 2.18 bits per heavy atom. The van der Waals surface area contributed by atoms with Gasteiger partial charge < -0.3 is 10.3 Å². The van der Waals surface area contributed by atoms with Gasteiger partial charge in [0.05, 0.1) is 17.4 Å². The summed E-state index contributed by atoms with van der Waals surface area (Å²) in [4.78, 5) is 30.7. The highest BCUT2D eigenvalue weighted by molar-refractivity contribution is 5.85. The molecule has 38 heavy (non-hydrogen) atoms. The van der Waals surface area contributed by atoms with E-state index in [0.717, 1.165) is 37.9 Å². The molecule has 0 aliphatic carbocycles. The van der Waals surface area contributed by atoms with Crippen molar-refractivity contribution in [1.82, 2.24) is 24.7 Å². The van der Waals surface area contributed by atoms with Crippen LogP contribution in [0.2, 0.25) is 0 Å². The molecule has 0 radical (unpaired) electrons. The van der Waals surface area contributed by atoms with Gasteiger partial charge in [-0.25, -0.2) is 15.1 Å². The summed E-state index contributed by atoms with van der Waals surface area (Å²) in [6.07, 6.45) is -2.10. The van der Waals surface area contributed by atoms with Crippen LogP contribution in [0.25, 0.3) is 22.2 Å². The van der Waals surface area contributed by atoms with Crippen molar-refractivity contribution >= 4 is 16.5 Å². The number of rotatable bonds is 5. The number of H-pyrrole nitrogens is 1. The zero-order valence-electron chi connectivity index (χ0n) is 19.9. The highest BCUT2D eigenvalue weighted by Gasteiger charge is 2.36. The third-order valence-electron chi connectivity index (χ3n) is 5.39. The average Bonchev–Trinajstić information content (AvgIpc) is 2.84. The van der Waals surface area contributed by atoms with E-state index in [9.17, 15) is 35.9 Å².